The van der Waals surface area contributed by atoms with Gasteiger partial charge in [-0.25, -0.2) is 0 Å². The highest BCUT2D eigenvalue weighted by atomic mass is 127. The molecule has 0 aromatic heterocycles. The molecule has 1 aliphatic carbocycles. The van der Waals surface area contributed by atoms with Crippen LogP contribution in [0.4, 0.5) is 5.69 Å². The fourth-order valence-corrected chi connectivity index (χ4v) is 2.73. The molecule has 114 valence electrons. The van der Waals surface area contributed by atoms with Gasteiger partial charge < -0.3 is 15.5 Å². The normalized spacial score (nSPS) is 15.4. The van der Waals surface area contributed by atoms with E-state index in [0.717, 1.165) is 32.6 Å². The number of anilines is 1. The number of aryl methyl sites for hydroxylation is 1. The average molecular weight is 402 g/mol. The van der Waals surface area contributed by atoms with Crippen LogP contribution in [0.3, 0.4) is 0 Å². The molecule has 1 saturated carbocycles. The first-order chi connectivity index (χ1) is 9.94. The monoisotopic (exact) mass is 402 g/mol. The lowest BCUT2D eigenvalue weighted by Gasteiger charge is -2.14. The van der Waals surface area contributed by atoms with Gasteiger partial charge in [0, 0.05) is 15.3 Å². The summed E-state index contributed by atoms with van der Waals surface area (Å²) in [6, 6.07) is 6.26. The number of carbonyl (C=O) groups is 2. The summed E-state index contributed by atoms with van der Waals surface area (Å²) in [5, 5.41) is 5.83. The summed E-state index contributed by atoms with van der Waals surface area (Å²) >= 11 is 2.24. The molecule has 1 fully saturated rings. The van der Waals surface area contributed by atoms with Crippen LogP contribution >= 0.6 is 22.6 Å². The highest BCUT2D eigenvalue weighted by molar-refractivity contribution is 14.1. The van der Waals surface area contributed by atoms with Crippen LogP contribution in [0.1, 0.15) is 18.4 Å². The maximum absolute atomic E-state index is 12.0. The van der Waals surface area contributed by atoms with Crippen molar-refractivity contribution >= 4 is 40.1 Å². The third kappa shape index (κ3) is 5.62. The second-order valence-electron chi connectivity index (χ2n) is 5.66. The number of likely N-dealkylation sites (N-methyl/N-ethyl adjacent to an activating group) is 1. The molecule has 6 heteroatoms. The molecule has 2 rings (SSSR count). The van der Waals surface area contributed by atoms with Crippen LogP contribution in [-0.4, -0.2) is 38.0 Å². The maximum Gasteiger partial charge on any atom is 0.279 e. The van der Waals surface area contributed by atoms with Crippen LogP contribution in [0.15, 0.2) is 18.2 Å². The van der Waals surface area contributed by atoms with Crippen LogP contribution in [0, 0.1) is 10.5 Å². The summed E-state index contributed by atoms with van der Waals surface area (Å²) in [5.41, 5.74) is 1.87. The van der Waals surface area contributed by atoms with E-state index in [1.165, 1.54) is 0 Å². The number of nitrogens with one attached hydrogen (secondary N) is 3. The summed E-state index contributed by atoms with van der Waals surface area (Å²) in [4.78, 5) is 24.6. The summed E-state index contributed by atoms with van der Waals surface area (Å²) in [5.74, 6) is -0.0516. The first-order valence-corrected chi connectivity index (χ1v) is 8.18. The smallest absolute Gasteiger partial charge is 0.279 e. The molecule has 0 heterocycles. The van der Waals surface area contributed by atoms with Crippen molar-refractivity contribution in [2.75, 3.05) is 25.5 Å². The Balaban J connectivity index is 1.78. The van der Waals surface area contributed by atoms with Gasteiger partial charge in [0.05, 0.1) is 7.05 Å². The number of hydrogen-bond acceptors (Lipinski definition) is 2. The van der Waals surface area contributed by atoms with Gasteiger partial charge in [-0.05, 0) is 66.1 Å². The maximum atomic E-state index is 12.0. The van der Waals surface area contributed by atoms with Gasteiger partial charge in [0.15, 0.2) is 13.1 Å². The van der Waals surface area contributed by atoms with Crippen molar-refractivity contribution in [1.29, 1.82) is 0 Å². The quantitative estimate of drug-likeness (QED) is 0.601. The van der Waals surface area contributed by atoms with Crippen molar-refractivity contribution in [2.24, 2.45) is 0 Å². The predicted molar refractivity (Wildman–Crippen MR) is 90.3 cm³/mol. The minimum absolute atomic E-state index is 0.0215. The van der Waals surface area contributed by atoms with Crippen molar-refractivity contribution in [3.8, 4) is 0 Å². The van der Waals surface area contributed by atoms with E-state index in [2.05, 4.69) is 33.2 Å². The summed E-state index contributed by atoms with van der Waals surface area (Å²) in [6.07, 6.45) is 2.16. The van der Waals surface area contributed by atoms with Gasteiger partial charge in [-0.3, -0.25) is 9.59 Å². The molecule has 0 aliphatic heterocycles. The molecule has 1 aromatic rings. The van der Waals surface area contributed by atoms with Gasteiger partial charge in [-0.2, -0.15) is 0 Å². The first kappa shape index (κ1) is 16.2. The standard InChI is InChI=1S/C15H20IN3O2/c1-10-7-11(16)3-6-13(10)18-15(21)9-19(2)8-14(20)17-12-4-5-12/h3,6-7,12H,4-5,8-9H2,1-2H3,(H,17,20)(H,18,21)/p+1. The molecule has 0 saturated heterocycles. The van der Waals surface area contributed by atoms with E-state index in [-0.39, 0.29) is 18.4 Å². The van der Waals surface area contributed by atoms with E-state index in [1.807, 2.05) is 32.2 Å². The van der Waals surface area contributed by atoms with Gasteiger partial charge in [0.1, 0.15) is 0 Å². The second-order valence-corrected chi connectivity index (χ2v) is 6.91. The number of quaternary nitrogens is 1. The molecule has 1 unspecified atom stereocenters. The minimum Gasteiger partial charge on any atom is -0.348 e. The van der Waals surface area contributed by atoms with E-state index in [1.54, 1.807) is 0 Å². The number of benzene rings is 1. The zero-order valence-electron chi connectivity index (χ0n) is 12.3. The number of rotatable bonds is 6. The van der Waals surface area contributed by atoms with Crippen molar-refractivity contribution in [3.05, 3.63) is 27.3 Å². The molecular weight excluding hydrogens is 381 g/mol. The van der Waals surface area contributed by atoms with Gasteiger partial charge in [0.25, 0.3) is 11.8 Å². The van der Waals surface area contributed by atoms with Crippen LogP contribution in [0.5, 0.6) is 0 Å². The SMILES string of the molecule is Cc1cc(I)ccc1NC(=O)C[NH+](C)CC(=O)NC1CC1. The lowest BCUT2D eigenvalue weighted by Crippen LogP contribution is -3.11. The zero-order chi connectivity index (χ0) is 15.4. The number of carbonyl (C=O) groups excluding carboxylic acids is 2. The number of halogens is 1. The third-order valence-electron chi connectivity index (χ3n) is 3.33. The molecule has 1 aromatic carbocycles. The predicted octanol–water partition coefficient (Wildman–Crippen LogP) is 0.331. The van der Waals surface area contributed by atoms with Crippen molar-refractivity contribution in [1.82, 2.24) is 5.32 Å². The van der Waals surface area contributed by atoms with E-state index in [9.17, 15) is 9.59 Å². The fraction of sp³-hybridized carbons (Fsp3) is 0.467. The molecule has 0 spiro atoms. The zero-order valence-corrected chi connectivity index (χ0v) is 14.5. The van der Waals surface area contributed by atoms with E-state index in [0.29, 0.717) is 12.6 Å². The molecule has 3 N–H and O–H groups in total. The Hall–Kier alpha value is -1.15. The van der Waals surface area contributed by atoms with Crippen molar-refractivity contribution in [2.45, 2.75) is 25.8 Å². The lowest BCUT2D eigenvalue weighted by molar-refractivity contribution is -0.862. The van der Waals surface area contributed by atoms with Crippen LogP contribution < -0.4 is 15.5 Å². The summed E-state index contributed by atoms with van der Waals surface area (Å²) in [7, 11) is 1.85. The first-order valence-electron chi connectivity index (χ1n) is 7.10. The number of amides is 2. The van der Waals surface area contributed by atoms with Gasteiger partial charge in [-0.15, -0.1) is 0 Å². The van der Waals surface area contributed by atoms with E-state index >= 15 is 0 Å². The highest BCUT2D eigenvalue weighted by Gasteiger charge is 2.24. The Kier molecular flexibility index (Phi) is 5.58. The largest absolute Gasteiger partial charge is 0.348 e. The molecule has 1 aliphatic rings. The highest BCUT2D eigenvalue weighted by Crippen LogP contribution is 2.18. The molecule has 1 atom stereocenters. The third-order valence-corrected chi connectivity index (χ3v) is 4.00. The van der Waals surface area contributed by atoms with Crippen LogP contribution in [0.2, 0.25) is 0 Å². The van der Waals surface area contributed by atoms with E-state index < -0.39 is 0 Å². The second kappa shape index (κ2) is 7.22. The average Bonchev–Trinajstić information content (AvgIpc) is 3.16. The molecule has 2 amide bonds. The van der Waals surface area contributed by atoms with Crippen molar-refractivity contribution < 1.29 is 14.5 Å². The van der Waals surface area contributed by atoms with Gasteiger partial charge >= 0.3 is 0 Å². The molecular formula is C15H21IN3O2+. The van der Waals surface area contributed by atoms with E-state index in [4.69, 9.17) is 0 Å². The van der Waals surface area contributed by atoms with Crippen LogP contribution in [0.25, 0.3) is 0 Å². The number of hydrogen-bond donors (Lipinski definition) is 3. The summed E-state index contributed by atoms with van der Waals surface area (Å²) < 4.78 is 1.14. The topological polar surface area (TPSA) is 62.6 Å². The minimum atomic E-state index is -0.0731. The molecule has 21 heavy (non-hydrogen) atoms. The van der Waals surface area contributed by atoms with Crippen LogP contribution in [-0.2, 0) is 9.59 Å². The Bertz CT molecular complexity index is 544. The van der Waals surface area contributed by atoms with Crippen molar-refractivity contribution in [3.63, 3.8) is 0 Å². The Labute approximate surface area is 138 Å². The Morgan fingerprint density at radius 3 is 2.57 bits per heavy atom. The van der Waals surface area contributed by atoms with Gasteiger partial charge in [0.2, 0.25) is 0 Å². The van der Waals surface area contributed by atoms with Gasteiger partial charge in [-0.1, -0.05) is 0 Å². The Morgan fingerprint density at radius 2 is 1.95 bits per heavy atom. The Morgan fingerprint density at radius 1 is 1.29 bits per heavy atom. The molecule has 0 bridgehead atoms. The molecule has 0 radical (unpaired) electrons. The summed E-state index contributed by atoms with van der Waals surface area (Å²) in [6.45, 7) is 2.58. The fourth-order valence-electron chi connectivity index (χ4n) is 2.08. The molecule has 5 nitrogen and oxygen atoms in total. The lowest BCUT2D eigenvalue weighted by atomic mass is 10.2.